The summed E-state index contributed by atoms with van der Waals surface area (Å²) in [6.07, 6.45) is 16.6. The Morgan fingerprint density at radius 2 is 0.690 bits per heavy atom. The number of hydrogen-bond acceptors (Lipinski definition) is 4. The van der Waals surface area contributed by atoms with Gasteiger partial charge in [-0.1, -0.05) is 264 Å². The van der Waals surface area contributed by atoms with Crippen LogP contribution in [0.5, 0.6) is 0 Å². The van der Waals surface area contributed by atoms with Crippen molar-refractivity contribution < 1.29 is 36.2 Å². The van der Waals surface area contributed by atoms with Crippen molar-refractivity contribution in [2.45, 2.75) is 148 Å². The molecule has 8 aromatic carbocycles. The highest BCUT2D eigenvalue weighted by Crippen LogP contribution is 2.56. The summed E-state index contributed by atoms with van der Waals surface area (Å²) in [5.41, 5.74) is 17.7. The molecule has 0 bridgehead atoms. The van der Waals surface area contributed by atoms with E-state index in [-0.39, 0.29) is 22.3 Å². The van der Waals surface area contributed by atoms with Crippen LogP contribution in [0.1, 0.15) is 197 Å². The molecule has 0 N–H and O–H groups in total. The highest BCUT2D eigenvalue weighted by molar-refractivity contribution is 6.36. The van der Waals surface area contributed by atoms with E-state index in [4.69, 9.17) is 9.31 Å². The Morgan fingerprint density at radius 3 is 1.08 bits per heavy atom. The lowest BCUT2D eigenvalue weighted by molar-refractivity contribution is 0.103. The molecule has 10 heteroatoms. The second kappa shape index (κ2) is 25.8. The molecule has 0 atom stereocenters. The van der Waals surface area contributed by atoms with E-state index in [9.17, 15) is 26.9 Å². The third kappa shape index (κ3) is 12.2. The summed E-state index contributed by atoms with van der Waals surface area (Å²) in [4.78, 5) is 29.4. The van der Waals surface area contributed by atoms with Crippen molar-refractivity contribution in [1.29, 1.82) is 0 Å². The molecular formula is C77H76B2F4O4. The van der Waals surface area contributed by atoms with Gasteiger partial charge in [0.2, 0.25) is 0 Å². The zero-order valence-electron chi connectivity index (χ0n) is 51.0. The molecule has 442 valence electrons. The maximum absolute atomic E-state index is 14.7. The predicted molar refractivity (Wildman–Crippen MR) is 350 cm³/mol. The topological polar surface area (TPSA) is 52.6 Å². The van der Waals surface area contributed by atoms with Crippen LogP contribution >= 0.6 is 0 Å². The van der Waals surface area contributed by atoms with Crippen LogP contribution in [-0.2, 0) is 25.6 Å². The normalized spacial score (nSPS) is 14.6. The highest BCUT2D eigenvalue weighted by atomic mass is 19.2. The number of rotatable bonds is 26. The van der Waals surface area contributed by atoms with Crippen LogP contribution < -0.4 is 0 Å². The van der Waals surface area contributed by atoms with Crippen molar-refractivity contribution in [1.82, 2.24) is 0 Å². The van der Waals surface area contributed by atoms with Gasteiger partial charge in [0.15, 0.2) is 11.6 Å². The Hall–Kier alpha value is -7.97. The molecule has 0 aromatic heterocycles. The Balaban J connectivity index is 0.911. The van der Waals surface area contributed by atoms with Crippen molar-refractivity contribution in [3.05, 3.63) is 238 Å². The number of benzene rings is 8. The van der Waals surface area contributed by atoms with Gasteiger partial charge in [0.05, 0.1) is 0 Å². The minimum absolute atomic E-state index is 0.196. The van der Waals surface area contributed by atoms with E-state index < -0.39 is 31.9 Å². The second-order valence-electron chi connectivity index (χ2n) is 25.2. The first-order chi connectivity index (χ1) is 42.0. The van der Waals surface area contributed by atoms with E-state index in [1.165, 1.54) is 56.7 Å². The zero-order valence-corrected chi connectivity index (χ0v) is 51.0. The summed E-state index contributed by atoms with van der Waals surface area (Å²) in [6, 6.07) is 55.4. The SMILES string of the molecule is CCCCCCCCC1(CCCCCCCC)c2cc(C(=O)/C=C(\OB(F)F)c3ccc(-c4ccc5c(c4)C(C)(C)c4ccccc4-5)cc3)ccc2-c2ccc(C(=O)/C=C(\OB(F)F)c3ccc(-c4ccc5c(c4)C(C)(C)c4ccccc4-5)cc3)cc21. The first-order valence-corrected chi connectivity index (χ1v) is 31.4. The number of carbonyl (C=O) groups is 2. The van der Waals surface area contributed by atoms with Crippen molar-refractivity contribution in [3.63, 3.8) is 0 Å². The molecule has 0 aliphatic heterocycles. The standard InChI is InChI=1S/C77H76B2F4O4/c1-7-9-11-13-15-21-43-77(44-22-16-14-12-10-8-2)69-47-57(71(84)49-73(86-78(80)81)53-31-27-51(28-32-53)55-35-39-61-59-23-17-19-25-65(59)75(3,4)67(61)45-55)37-41-63(69)64-42-38-58(48-70(64)77)72(85)50-74(87-79(82)83)54-33-29-52(30-34-54)56-36-40-62-60-24-18-20-26-66(60)76(5,6)68(62)46-56/h17-20,23-42,45-50H,7-16,21-22,43-44H2,1-6H3/b73-49-,74-50-. The fourth-order valence-electron chi connectivity index (χ4n) is 14.3. The summed E-state index contributed by atoms with van der Waals surface area (Å²) < 4.78 is 67.8. The number of ketones is 2. The molecule has 87 heavy (non-hydrogen) atoms. The van der Waals surface area contributed by atoms with E-state index in [1.54, 1.807) is 36.4 Å². The summed E-state index contributed by atoms with van der Waals surface area (Å²) >= 11 is 0. The van der Waals surface area contributed by atoms with Gasteiger partial charge < -0.3 is 9.31 Å². The molecule has 8 aromatic rings. The van der Waals surface area contributed by atoms with Gasteiger partial charge in [0.25, 0.3) is 0 Å². The Bertz CT molecular complexity index is 3660. The quantitative estimate of drug-likeness (QED) is 0.0135. The smallest absolute Gasteiger partial charge is 0.505 e. The Kier molecular flexibility index (Phi) is 18.0. The monoisotopic (exact) mass is 1160 g/mol. The maximum atomic E-state index is 14.7. The molecule has 0 unspecified atom stereocenters. The van der Waals surface area contributed by atoms with Gasteiger partial charge in [-0.2, -0.15) is 0 Å². The summed E-state index contributed by atoms with van der Waals surface area (Å²) in [7, 11) is -6.36. The molecule has 0 heterocycles. The van der Waals surface area contributed by atoms with Gasteiger partial charge >= 0.3 is 14.9 Å². The molecule has 4 nitrogen and oxygen atoms in total. The van der Waals surface area contributed by atoms with Gasteiger partial charge in [-0.15, -0.1) is 0 Å². The summed E-state index contributed by atoms with van der Waals surface area (Å²) in [5.74, 6) is -1.44. The number of fused-ring (bicyclic) bond motifs is 9. The van der Waals surface area contributed by atoms with Crippen LogP contribution in [0.15, 0.2) is 182 Å². The molecule has 0 amide bonds. The van der Waals surface area contributed by atoms with Crippen LogP contribution in [0.3, 0.4) is 0 Å². The molecule has 3 aliphatic rings. The number of allylic oxidation sites excluding steroid dienone is 2. The number of carbonyl (C=O) groups excluding carboxylic acids is 2. The summed E-state index contributed by atoms with van der Waals surface area (Å²) in [6.45, 7) is 13.3. The van der Waals surface area contributed by atoms with Gasteiger partial charge in [-0.3, -0.25) is 9.59 Å². The maximum Gasteiger partial charge on any atom is 0.796 e. The van der Waals surface area contributed by atoms with Crippen LogP contribution in [0.2, 0.25) is 0 Å². The fourth-order valence-corrected chi connectivity index (χ4v) is 14.3. The van der Waals surface area contributed by atoms with Crippen LogP contribution in [0, 0.1) is 0 Å². The largest absolute Gasteiger partial charge is 0.796 e. The third-order valence-electron chi connectivity index (χ3n) is 19.0. The van der Waals surface area contributed by atoms with Crippen LogP contribution in [0.25, 0.3) is 67.2 Å². The average molecular weight is 1160 g/mol. The highest BCUT2D eigenvalue weighted by Gasteiger charge is 2.44. The molecule has 11 rings (SSSR count). The average Bonchev–Trinajstić information content (AvgIpc) is 3.47. The number of halogens is 4. The molecule has 0 fully saturated rings. The second-order valence-corrected chi connectivity index (χ2v) is 25.2. The predicted octanol–water partition coefficient (Wildman–Crippen LogP) is 21.7. The molecule has 0 spiro atoms. The number of hydrogen-bond donors (Lipinski definition) is 0. The molecule has 0 saturated carbocycles. The first-order valence-electron chi connectivity index (χ1n) is 31.4. The van der Waals surface area contributed by atoms with E-state index in [1.807, 2.05) is 48.5 Å². The third-order valence-corrected chi connectivity index (χ3v) is 19.0. The van der Waals surface area contributed by atoms with E-state index >= 15 is 0 Å². The lowest BCUT2D eigenvalue weighted by Gasteiger charge is -2.33. The Morgan fingerprint density at radius 1 is 0.368 bits per heavy atom. The van der Waals surface area contributed by atoms with E-state index in [0.29, 0.717) is 22.3 Å². The minimum Gasteiger partial charge on any atom is -0.505 e. The van der Waals surface area contributed by atoms with Crippen molar-refractivity contribution in [3.8, 4) is 55.6 Å². The molecular weight excluding hydrogens is 1090 g/mol. The van der Waals surface area contributed by atoms with Gasteiger partial charge in [-0.25, -0.2) is 17.3 Å². The van der Waals surface area contributed by atoms with E-state index in [2.05, 4.69) is 126 Å². The summed E-state index contributed by atoms with van der Waals surface area (Å²) in [5, 5.41) is 0. The lowest BCUT2D eigenvalue weighted by Crippen LogP contribution is -2.26. The van der Waals surface area contributed by atoms with E-state index in [0.717, 1.165) is 134 Å². The fraction of sp³-hybridized carbons (Fsp3) is 0.299. The molecule has 0 saturated heterocycles. The lowest BCUT2D eigenvalue weighted by atomic mass is 9.70. The zero-order chi connectivity index (χ0) is 61.0. The van der Waals surface area contributed by atoms with Gasteiger partial charge in [0, 0.05) is 50.7 Å². The molecule has 0 radical (unpaired) electrons. The van der Waals surface area contributed by atoms with Crippen molar-refractivity contribution in [2.75, 3.05) is 0 Å². The van der Waals surface area contributed by atoms with Crippen molar-refractivity contribution >= 4 is 38.0 Å². The Labute approximate surface area is 512 Å². The van der Waals surface area contributed by atoms with Crippen LogP contribution in [0.4, 0.5) is 17.3 Å². The molecule has 3 aliphatic carbocycles. The van der Waals surface area contributed by atoms with Crippen molar-refractivity contribution in [2.24, 2.45) is 0 Å². The number of unbranched alkanes of at least 4 members (excludes halogenated alkanes) is 10. The van der Waals surface area contributed by atoms with Gasteiger partial charge in [-0.05, 0) is 126 Å². The minimum atomic E-state index is -3.18. The van der Waals surface area contributed by atoms with Crippen LogP contribution in [-0.4, -0.2) is 26.5 Å². The van der Waals surface area contributed by atoms with Gasteiger partial charge in [0.1, 0.15) is 11.5 Å². The first kappa shape index (κ1) is 60.7.